The molecule has 3 aromatic carbocycles. The number of thiophene rings is 1. The van der Waals surface area contributed by atoms with Gasteiger partial charge >= 0.3 is 0 Å². The van der Waals surface area contributed by atoms with Gasteiger partial charge in [0.15, 0.2) is 0 Å². The van der Waals surface area contributed by atoms with Crippen LogP contribution < -0.4 is 15.4 Å². The first kappa shape index (κ1) is 21.9. The number of anilines is 1. The average Bonchev–Trinajstić information content (AvgIpc) is 3.27. The molecule has 0 fully saturated rings. The van der Waals surface area contributed by atoms with Crippen LogP contribution >= 0.6 is 11.3 Å². The van der Waals surface area contributed by atoms with Gasteiger partial charge in [-0.1, -0.05) is 72.8 Å². The van der Waals surface area contributed by atoms with E-state index in [9.17, 15) is 4.79 Å². The number of nitrogens with one attached hydrogen (secondary N) is 2. The summed E-state index contributed by atoms with van der Waals surface area (Å²) >= 11 is 1.72. The van der Waals surface area contributed by atoms with Gasteiger partial charge in [0.1, 0.15) is 23.5 Å². The molecule has 2 aliphatic heterocycles. The fourth-order valence-electron chi connectivity index (χ4n) is 4.81. The summed E-state index contributed by atoms with van der Waals surface area (Å²) in [6.07, 6.45) is 0.653. The van der Waals surface area contributed by atoms with Crippen molar-refractivity contribution in [3.63, 3.8) is 0 Å². The first-order valence-corrected chi connectivity index (χ1v) is 12.8. The van der Waals surface area contributed by atoms with Crippen molar-refractivity contribution < 1.29 is 9.53 Å². The normalized spacial score (nSPS) is 17.1. The summed E-state index contributed by atoms with van der Waals surface area (Å²) in [6, 6.07) is 28.6. The molecule has 5 nitrogen and oxygen atoms in total. The zero-order valence-corrected chi connectivity index (χ0v) is 20.2. The lowest BCUT2D eigenvalue weighted by molar-refractivity contribution is 0.0934. The van der Waals surface area contributed by atoms with Crippen LogP contribution in [0.2, 0.25) is 0 Å². The van der Waals surface area contributed by atoms with Crippen LogP contribution in [0.4, 0.5) is 5.00 Å². The van der Waals surface area contributed by atoms with Crippen LogP contribution in [0, 0.1) is 0 Å². The number of fused-ring (bicyclic) bond motifs is 3. The molecule has 6 heteroatoms. The minimum atomic E-state index is -0.251. The molecular formula is C29H27N3O2S. The van der Waals surface area contributed by atoms with Crippen LogP contribution in [0.1, 0.15) is 43.7 Å². The molecule has 0 spiro atoms. The van der Waals surface area contributed by atoms with Crippen molar-refractivity contribution in [1.29, 1.82) is 0 Å². The number of benzene rings is 3. The Kier molecular flexibility index (Phi) is 5.98. The zero-order valence-electron chi connectivity index (χ0n) is 19.4. The summed E-state index contributed by atoms with van der Waals surface area (Å²) in [7, 11) is 0. The number of carbonyl (C=O) groups excluding carboxylic acids is 1. The maximum atomic E-state index is 13.1. The molecule has 2 N–H and O–H groups in total. The molecule has 0 aliphatic carbocycles. The van der Waals surface area contributed by atoms with Crippen molar-refractivity contribution in [1.82, 2.24) is 10.2 Å². The summed E-state index contributed by atoms with van der Waals surface area (Å²) in [4.78, 5) is 16.9. The average molecular weight is 482 g/mol. The largest absolute Gasteiger partial charge is 0.489 e. The summed E-state index contributed by atoms with van der Waals surface area (Å²) in [5.41, 5.74) is 5.51. The molecule has 1 unspecified atom stereocenters. The van der Waals surface area contributed by atoms with E-state index in [0.717, 1.165) is 53.5 Å². The molecule has 3 heterocycles. The Morgan fingerprint density at radius 1 is 0.886 bits per heavy atom. The summed E-state index contributed by atoms with van der Waals surface area (Å²) in [6.45, 7) is 3.31. The van der Waals surface area contributed by atoms with Gasteiger partial charge in [-0.15, -0.1) is 11.3 Å². The highest BCUT2D eigenvalue weighted by molar-refractivity contribution is 7.16. The molecule has 1 atom stereocenters. The predicted octanol–water partition coefficient (Wildman–Crippen LogP) is 5.74. The Morgan fingerprint density at radius 3 is 2.34 bits per heavy atom. The predicted molar refractivity (Wildman–Crippen MR) is 140 cm³/mol. The van der Waals surface area contributed by atoms with Gasteiger partial charge in [-0.3, -0.25) is 9.69 Å². The maximum absolute atomic E-state index is 13.1. The molecule has 0 saturated heterocycles. The highest BCUT2D eigenvalue weighted by atomic mass is 32.1. The second kappa shape index (κ2) is 9.56. The number of carbonyl (C=O) groups is 1. The topological polar surface area (TPSA) is 53.6 Å². The molecule has 6 rings (SSSR count). The van der Waals surface area contributed by atoms with Gasteiger partial charge in [-0.2, -0.15) is 0 Å². The highest BCUT2D eigenvalue weighted by Crippen LogP contribution is 2.41. The minimum Gasteiger partial charge on any atom is -0.489 e. The second-order valence-corrected chi connectivity index (χ2v) is 10.2. The molecule has 35 heavy (non-hydrogen) atoms. The van der Waals surface area contributed by atoms with Crippen molar-refractivity contribution >= 4 is 22.2 Å². The smallest absolute Gasteiger partial charge is 0.256 e. The van der Waals surface area contributed by atoms with Crippen LogP contribution in [-0.2, 0) is 26.1 Å². The molecule has 4 aromatic rings. The monoisotopic (exact) mass is 481 g/mol. The third-order valence-corrected chi connectivity index (χ3v) is 7.77. The van der Waals surface area contributed by atoms with Gasteiger partial charge in [0, 0.05) is 24.5 Å². The Balaban J connectivity index is 1.14. The number of amides is 1. The molecule has 1 aromatic heterocycles. The van der Waals surface area contributed by atoms with Crippen LogP contribution in [0.3, 0.4) is 0 Å². The summed E-state index contributed by atoms with van der Waals surface area (Å²) < 4.78 is 5.91. The quantitative estimate of drug-likeness (QED) is 0.369. The van der Waals surface area contributed by atoms with E-state index in [4.69, 9.17) is 4.74 Å². The molecule has 0 radical (unpaired) electrons. The van der Waals surface area contributed by atoms with Gasteiger partial charge < -0.3 is 15.4 Å². The van der Waals surface area contributed by atoms with E-state index >= 15 is 0 Å². The SMILES string of the molecule is O=C1NC(c2ccc(OCc3ccccc3)cc2)Nc2sc3c(c21)CCN(Cc1ccccc1)C3. The molecule has 2 aliphatic rings. The Hall–Kier alpha value is -3.61. The zero-order chi connectivity index (χ0) is 23.6. The number of hydrogen-bond donors (Lipinski definition) is 2. The van der Waals surface area contributed by atoms with Crippen molar-refractivity contribution in [2.75, 3.05) is 11.9 Å². The van der Waals surface area contributed by atoms with Crippen molar-refractivity contribution in [2.45, 2.75) is 32.3 Å². The van der Waals surface area contributed by atoms with Crippen LogP contribution in [0.15, 0.2) is 84.9 Å². The Bertz CT molecular complexity index is 1320. The minimum absolute atomic E-state index is 0.0159. The molecule has 1 amide bonds. The van der Waals surface area contributed by atoms with E-state index in [2.05, 4.69) is 58.0 Å². The lowest BCUT2D eigenvalue weighted by Crippen LogP contribution is -2.38. The molecular weight excluding hydrogens is 454 g/mol. The number of rotatable bonds is 6. The standard InChI is InChI=1S/C29H27N3O2S/c33-28-26-24-15-16-32(17-20-7-3-1-4-8-20)18-25(24)35-29(26)31-27(30-28)22-11-13-23(14-12-22)34-19-21-9-5-2-6-10-21/h1-14,27,31H,15-19H2,(H,30,33). The highest BCUT2D eigenvalue weighted by Gasteiger charge is 2.33. The van der Waals surface area contributed by atoms with E-state index < -0.39 is 0 Å². The van der Waals surface area contributed by atoms with Gasteiger partial charge in [-0.05, 0) is 40.8 Å². The Labute approximate surface area is 209 Å². The van der Waals surface area contributed by atoms with Crippen LogP contribution in [-0.4, -0.2) is 17.4 Å². The van der Waals surface area contributed by atoms with Gasteiger partial charge in [0.2, 0.25) is 0 Å². The lowest BCUT2D eigenvalue weighted by Gasteiger charge is -2.28. The fourth-order valence-corrected chi connectivity index (χ4v) is 6.12. The lowest BCUT2D eigenvalue weighted by atomic mass is 10.00. The summed E-state index contributed by atoms with van der Waals surface area (Å²) in [5, 5.41) is 7.71. The number of nitrogens with zero attached hydrogens (tertiary/aromatic N) is 1. The molecule has 176 valence electrons. The van der Waals surface area contributed by atoms with Crippen molar-refractivity contribution in [3.8, 4) is 5.75 Å². The van der Waals surface area contributed by atoms with E-state index in [1.807, 2.05) is 42.5 Å². The van der Waals surface area contributed by atoms with Gasteiger partial charge in [-0.25, -0.2) is 0 Å². The number of hydrogen-bond acceptors (Lipinski definition) is 5. The number of ether oxygens (including phenoxy) is 1. The molecule has 0 saturated carbocycles. The van der Waals surface area contributed by atoms with E-state index in [0.29, 0.717) is 6.61 Å². The van der Waals surface area contributed by atoms with Gasteiger partial charge in [0.05, 0.1) is 5.56 Å². The molecule has 0 bridgehead atoms. The van der Waals surface area contributed by atoms with Crippen LogP contribution in [0.5, 0.6) is 5.75 Å². The van der Waals surface area contributed by atoms with Crippen molar-refractivity contribution in [3.05, 3.63) is 118 Å². The van der Waals surface area contributed by atoms with Gasteiger partial charge in [0.25, 0.3) is 5.91 Å². The Morgan fingerprint density at radius 2 is 1.60 bits per heavy atom. The van der Waals surface area contributed by atoms with E-state index in [1.165, 1.54) is 16.0 Å². The first-order chi connectivity index (χ1) is 17.2. The van der Waals surface area contributed by atoms with E-state index in [1.54, 1.807) is 11.3 Å². The maximum Gasteiger partial charge on any atom is 0.256 e. The third-order valence-electron chi connectivity index (χ3n) is 6.62. The van der Waals surface area contributed by atoms with E-state index in [-0.39, 0.29) is 12.1 Å². The second-order valence-electron chi connectivity index (χ2n) is 9.05. The van der Waals surface area contributed by atoms with Crippen LogP contribution in [0.25, 0.3) is 0 Å². The third kappa shape index (κ3) is 4.67. The fraction of sp³-hybridized carbons (Fsp3) is 0.207. The first-order valence-electron chi connectivity index (χ1n) is 12.0. The summed E-state index contributed by atoms with van der Waals surface area (Å²) in [5.74, 6) is 0.827. The van der Waals surface area contributed by atoms with Crippen molar-refractivity contribution in [2.24, 2.45) is 0 Å².